The Balaban J connectivity index is 1.46. The molecule has 25 heavy (non-hydrogen) atoms. The Morgan fingerprint density at radius 3 is 2.48 bits per heavy atom. The average molecular weight is 345 g/mol. The van der Waals surface area contributed by atoms with Gasteiger partial charge in [0.25, 0.3) is 5.91 Å². The second-order valence-corrected chi connectivity index (χ2v) is 7.57. The average Bonchev–Trinajstić information content (AvgIpc) is 3.30. The fourth-order valence-corrected chi connectivity index (χ4v) is 4.62. The summed E-state index contributed by atoms with van der Waals surface area (Å²) in [5.74, 6) is 1.71. The normalized spacial score (nSPS) is 30.0. The number of fused-ring (bicyclic) bond motifs is 1. The lowest BCUT2D eigenvalue weighted by atomic mass is 9.92. The van der Waals surface area contributed by atoms with Crippen molar-refractivity contribution >= 4 is 11.8 Å². The summed E-state index contributed by atoms with van der Waals surface area (Å²) in [7, 11) is 0. The SMILES string of the molecule is O=C(C1CCCCN1C(=O)c1ccco1)N1CC[C@@H]2CNC[C@@H]2CC1. The molecule has 0 radical (unpaired) electrons. The summed E-state index contributed by atoms with van der Waals surface area (Å²) in [6.45, 7) is 4.44. The summed E-state index contributed by atoms with van der Waals surface area (Å²) in [4.78, 5) is 29.7. The first kappa shape index (κ1) is 16.6. The fraction of sp³-hybridized carbons (Fsp3) is 0.684. The number of rotatable bonds is 2. The molecular weight excluding hydrogens is 318 g/mol. The van der Waals surface area contributed by atoms with Crippen molar-refractivity contribution in [2.45, 2.75) is 38.1 Å². The topological polar surface area (TPSA) is 65.8 Å². The summed E-state index contributed by atoms with van der Waals surface area (Å²) in [6.07, 6.45) is 6.36. The third-order valence-electron chi connectivity index (χ3n) is 6.11. The van der Waals surface area contributed by atoms with Crippen LogP contribution in [0, 0.1) is 11.8 Å². The maximum Gasteiger partial charge on any atom is 0.290 e. The van der Waals surface area contributed by atoms with Crippen molar-refractivity contribution in [3.63, 3.8) is 0 Å². The molecule has 4 heterocycles. The molecule has 3 fully saturated rings. The first-order chi connectivity index (χ1) is 12.2. The van der Waals surface area contributed by atoms with Crippen LogP contribution in [0.15, 0.2) is 22.8 Å². The van der Waals surface area contributed by atoms with Crippen LogP contribution in [0.3, 0.4) is 0 Å². The van der Waals surface area contributed by atoms with Crippen LogP contribution in [-0.2, 0) is 4.79 Å². The summed E-state index contributed by atoms with van der Waals surface area (Å²) < 4.78 is 5.27. The fourth-order valence-electron chi connectivity index (χ4n) is 4.62. The van der Waals surface area contributed by atoms with Gasteiger partial charge < -0.3 is 19.5 Å². The highest BCUT2D eigenvalue weighted by Gasteiger charge is 2.38. The van der Waals surface area contributed by atoms with Gasteiger partial charge in [0.05, 0.1) is 6.26 Å². The molecule has 0 spiro atoms. The standard InChI is InChI=1S/C19H27N3O3/c23-18(21-9-6-14-12-20-13-15(14)7-10-21)16-4-1-2-8-22(16)19(24)17-5-3-11-25-17/h3,5,11,14-16,20H,1-2,4,6-10,12-13H2/t14-,15+,16?. The van der Waals surface area contributed by atoms with E-state index < -0.39 is 0 Å². The Morgan fingerprint density at radius 1 is 1.04 bits per heavy atom. The molecule has 136 valence electrons. The highest BCUT2D eigenvalue weighted by molar-refractivity contribution is 5.95. The van der Waals surface area contributed by atoms with Gasteiger partial charge >= 0.3 is 0 Å². The zero-order chi connectivity index (χ0) is 17.2. The molecule has 3 atom stereocenters. The van der Waals surface area contributed by atoms with Gasteiger partial charge in [-0.1, -0.05) is 0 Å². The van der Waals surface area contributed by atoms with Crippen molar-refractivity contribution in [3.05, 3.63) is 24.2 Å². The van der Waals surface area contributed by atoms with Gasteiger partial charge in [0.2, 0.25) is 5.91 Å². The third-order valence-corrected chi connectivity index (χ3v) is 6.11. The van der Waals surface area contributed by atoms with Crippen LogP contribution in [0.5, 0.6) is 0 Å². The van der Waals surface area contributed by atoms with E-state index in [4.69, 9.17) is 4.42 Å². The summed E-state index contributed by atoms with van der Waals surface area (Å²) in [5.41, 5.74) is 0. The van der Waals surface area contributed by atoms with E-state index in [0.717, 1.165) is 58.3 Å². The van der Waals surface area contributed by atoms with Crippen molar-refractivity contribution in [1.29, 1.82) is 0 Å². The zero-order valence-electron chi connectivity index (χ0n) is 14.7. The number of hydrogen-bond donors (Lipinski definition) is 1. The molecule has 6 nitrogen and oxygen atoms in total. The lowest BCUT2D eigenvalue weighted by Crippen LogP contribution is -2.53. The lowest BCUT2D eigenvalue weighted by molar-refractivity contribution is -0.137. The van der Waals surface area contributed by atoms with Gasteiger partial charge in [-0.2, -0.15) is 0 Å². The minimum atomic E-state index is -0.331. The van der Waals surface area contributed by atoms with Crippen molar-refractivity contribution in [1.82, 2.24) is 15.1 Å². The number of likely N-dealkylation sites (tertiary alicyclic amines) is 2. The highest BCUT2D eigenvalue weighted by Crippen LogP contribution is 2.29. The smallest absolute Gasteiger partial charge is 0.290 e. The molecule has 3 aliphatic heterocycles. The molecule has 3 aliphatic rings. The Morgan fingerprint density at radius 2 is 1.80 bits per heavy atom. The predicted octanol–water partition coefficient (Wildman–Crippen LogP) is 1.73. The second kappa shape index (κ2) is 7.20. The molecule has 4 rings (SSSR count). The minimum Gasteiger partial charge on any atom is -0.459 e. The maximum absolute atomic E-state index is 13.2. The molecule has 1 unspecified atom stereocenters. The Labute approximate surface area is 148 Å². The second-order valence-electron chi connectivity index (χ2n) is 7.57. The van der Waals surface area contributed by atoms with E-state index in [-0.39, 0.29) is 17.9 Å². The molecule has 0 bridgehead atoms. The largest absolute Gasteiger partial charge is 0.459 e. The molecule has 1 aromatic heterocycles. The van der Waals surface area contributed by atoms with Crippen molar-refractivity contribution < 1.29 is 14.0 Å². The van der Waals surface area contributed by atoms with E-state index in [1.165, 1.54) is 6.26 Å². The quantitative estimate of drug-likeness (QED) is 0.887. The number of nitrogens with zero attached hydrogens (tertiary/aromatic N) is 2. The summed E-state index contributed by atoms with van der Waals surface area (Å²) in [6, 6.07) is 3.07. The number of piperidine rings is 1. The molecule has 1 aromatic rings. The molecule has 2 amide bonds. The number of carbonyl (C=O) groups is 2. The van der Waals surface area contributed by atoms with Gasteiger partial charge in [-0.25, -0.2) is 0 Å². The monoisotopic (exact) mass is 345 g/mol. The third kappa shape index (κ3) is 3.32. The summed E-state index contributed by atoms with van der Waals surface area (Å²) >= 11 is 0. The first-order valence-corrected chi connectivity index (χ1v) is 9.58. The molecule has 0 aromatic carbocycles. The lowest BCUT2D eigenvalue weighted by Gasteiger charge is -2.37. The zero-order valence-corrected chi connectivity index (χ0v) is 14.7. The molecule has 6 heteroatoms. The molecule has 1 N–H and O–H groups in total. The van der Waals surface area contributed by atoms with Crippen molar-refractivity contribution in [3.8, 4) is 0 Å². The van der Waals surface area contributed by atoms with Crippen LogP contribution in [0.1, 0.15) is 42.7 Å². The van der Waals surface area contributed by atoms with Crippen LogP contribution in [0.4, 0.5) is 0 Å². The molecule has 0 saturated carbocycles. The number of nitrogens with one attached hydrogen (secondary N) is 1. The van der Waals surface area contributed by atoms with Gasteiger partial charge in [-0.3, -0.25) is 9.59 Å². The van der Waals surface area contributed by atoms with Crippen molar-refractivity contribution in [2.24, 2.45) is 11.8 Å². The van der Waals surface area contributed by atoms with Gasteiger partial charge in [0, 0.05) is 19.6 Å². The first-order valence-electron chi connectivity index (χ1n) is 9.58. The number of furan rings is 1. The van der Waals surface area contributed by atoms with E-state index in [1.54, 1.807) is 17.0 Å². The van der Waals surface area contributed by atoms with Crippen LogP contribution < -0.4 is 5.32 Å². The van der Waals surface area contributed by atoms with Crippen LogP contribution in [-0.4, -0.2) is 60.4 Å². The van der Waals surface area contributed by atoms with Gasteiger partial charge in [-0.15, -0.1) is 0 Å². The number of amides is 2. The highest BCUT2D eigenvalue weighted by atomic mass is 16.3. The minimum absolute atomic E-state index is 0.132. The number of carbonyl (C=O) groups excluding carboxylic acids is 2. The Bertz CT molecular complexity index is 601. The summed E-state index contributed by atoms with van der Waals surface area (Å²) in [5, 5.41) is 3.47. The van der Waals surface area contributed by atoms with E-state index in [1.807, 2.05) is 4.90 Å². The van der Waals surface area contributed by atoms with Gasteiger partial charge in [-0.05, 0) is 69.2 Å². The molecule has 3 saturated heterocycles. The van der Waals surface area contributed by atoms with E-state index in [0.29, 0.717) is 24.1 Å². The van der Waals surface area contributed by atoms with Crippen LogP contribution in [0.2, 0.25) is 0 Å². The van der Waals surface area contributed by atoms with E-state index >= 15 is 0 Å². The van der Waals surface area contributed by atoms with Gasteiger partial charge in [0.1, 0.15) is 6.04 Å². The van der Waals surface area contributed by atoms with Gasteiger partial charge in [0.15, 0.2) is 5.76 Å². The molecular formula is C19H27N3O3. The molecule has 0 aliphatic carbocycles. The van der Waals surface area contributed by atoms with Crippen molar-refractivity contribution in [2.75, 3.05) is 32.7 Å². The number of hydrogen-bond acceptors (Lipinski definition) is 4. The predicted molar refractivity (Wildman–Crippen MR) is 93.0 cm³/mol. The Kier molecular flexibility index (Phi) is 4.79. The Hall–Kier alpha value is -1.82. The van der Waals surface area contributed by atoms with Crippen LogP contribution in [0.25, 0.3) is 0 Å². The van der Waals surface area contributed by atoms with Crippen LogP contribution >= 0.6 is 0 Å². The van der Waals surface area contributed by atoms with E-state index in [9.17, 15) is 9.59 Å². The maximum atomic E-state index is 13.2. The van der Waals surface area contributed by atoms with E-state index in [2.05, 4.69) is 5.32 Å².